The van der Waals surface area contributed by atoms with Crippen LogP contribution in [0.4, 0.5) is 5.82 Å². The molecule has 0 N–H and O–H groups in total. The second kappa shape index (κ2) is 5.08. The van der Waals surface area contributed by atoms with E-state index in [1.54, 1.807) is 0 Å². The van der Waals surface area contributed by atoms with Crippen molar-refractivity contribution >= 4 is 5.82 Å². The fraction of sp³-hybridized carbons (Fsp3) is 0.733. The van der Waals surface area contributed by atoms with Crippen LogP contribution in [0.3, 0.4) is 0 Å². The van der Waals surface area contributed by atoms with Crippen molar-refractivity contribution in [1.29, 1.82) is 0 Å². The zero-order chi connectivity index (χ0) is 13.3. The van der Waals surface area contributed by atoms with E-state index in [-0.39, 0.29) is 0 Å². The van der Waals surface area contributed by atoms with Crippen LogP contribution in [-0.2, 0) is 11.2 Å². The number of ether oxygens (including phenoxy) is 1. The van der Waals surface area contributed by atoms with E-state index in [2.05, 4.69) is 29.8 Å². The fourth-order valence-electron chi connectivity index (χ4n) is 3.28. The van der Waals surface area contributed by atoms with Crippen LogP contribution in [0.25, 0.3) is 0 Å². The summed E-state index contributed by atoms with van der Waals surface area (Å²) in [5.74, 6) is 2.08. The molecule has 1 aromatic rings. The van der Waals surface area contributed by atoms with E-state index >= 15 is 0 Å². The SMILES string of the molecule is CCc1nc(C)cc(N2CCC3(CCOCC3)C2)n1. The van der Waals surface area contributed by atoms with E-state index in [9.17, 15) is 0 Å². The molecule has 0 amide bonds. The standard InChI is InChI=1S/C15H23N3O/c1-3-13-16-12(2)10-14(17-13)18-7-4-15(11-18)5-8-19-9-6-15/h10H,3-9,11H2,1-2H3. The maximum atomic E-state index is 5.51. The summed E-state index contributed by atoms with van der Waals surface area (Å²) in [5.41, 5.74) is 1.55. The Balaban J connectivity index is 1.78. The highest BCUT2D eigenvalue weighted by atomic mass is 16.5. The number of nitrogens with zero attached hydrogens (tertiary/aromatic N) is 3. The van der Waals surface area contributed by atoms with Crippen LogP contribution < -0.4 is 4.90 Å². The van der Waals surface area contributed by atoms with E-state index in [4.69, 9.17) is 9.72 Å². The molecule has 104 valence electrons. The Kier molecular flexibility index (Phi) is 3.44. The molecule has 4 nitrogen and oxygen atoms in total. The maximum Gasteiger partial charge on any atom is 0.132 e. The normalized spacial score (nSPS) is 22.1. The fourth-order valence-corrected chi connectivity index (χ4v) is 3.28. The molecule has 0 unspecified atom stereocenters. The van der Waals surface area contributed by atoms with E-state index in [0.717, 1.165) is 50.1 Å². The quantitative estimate of drug-likeness (QED) is 0.819. The lowest BCUT2D eigenvalue weighted by Crippen LogP contribution is -2.33. The van der Waals surface area contributed by atoms with Gasteiger partial charge in [0.2, 0.25) is 0 Å². The van der Waals surface area contributed by atoms with E-state index in [1.165, 1.54) is 19.3 Å². The number of rotatable bonds is 2. The summed E-state index contributed by atoms with van der Waals surface area (Å²) in [6.07, 6.45) is 4.59. The average molecular weight is 261 g/mol. The molecule has 2 aliphatic heterocycles. The molecule has 0 atom stereocenters. The monoisotopic (exact) mass is 261 g/mol. The first-order valence-electron chi connectivity index (χ1n) is 7.38. The predicted octanol–water partition coefficient (Wildman–Crippen LogP) is 2.35. The van der Waals surface area contributed by atoms with Crippen LogP contribution in [-0.4, -0.2) is 36.3 Å². The molecule has 0 bridgehead atoms. The minimum absolute atomic E-state index is 0.476. The molecular formula is C15H23N3O. The van der Waals surface area contributed by atoms with E-state index in [1.807, 2.05) is 0 Å². The molecule has 0 radical (unpaired) electrons. The number of aromatic nitrogens is 2. The lowest BCUT2D eigenvalue weighted by molar-refractivity contribution is 0.0254. The van der Waals surface area contributed by atoms with Crippen molar-refractivity contribution in [2.75, 3.05) is 31.2 Å². The molecule has 2 fully saturated rings. The van der Waals surface area contributed by atoms with Gasteiger partial charge in [0.25, 0.3) is 0 Å². The van der Waals surface area contributed by atoms with Gasteiger partial charge in [0, 0.05) is 44.5 Å². The van der Waals surface area contributed by atoms with Crippen molar-refractivity contribution in [3.63, 3.8) is 0 Å². The molecule has 2 saturated heterocycles. The Morgan fingerprint density at radius 3 is 2.79 bits per heavy atom. The smallest absolute Gasteiger partial charge is 0.132 e. The largest absolute Gasteiger partial charge is 0.381 e. The van der Waals surface area contributed by atoms with Gasteiger partial charge in [-0.2, -0.15) is 0 Å². The molecule has 1 aromatic heterocycles. The van der Waals surface area contributed by atoms with Gasteiger partial charge < -0.3 is 9.64 Å². The van der Waals surface area contributed by atoms with Crippen LogP contribution in [0.5, 0.6) is 0 Å². The number of anilines is 1. The Labute approximate surface area is 115 Å². The van der Waals surface area contributed by atoms with Gasteiger partial charge in [-0.25, -0.2) is 9.97 Å². The summed E-state index contributed by atoms with van der Waals surface area (Å²) in [7, 11) is 0. The zero-order valence-electron chi connectivity index (χ0n) is 12.0. The van der Waals surface area contributed by atoms with Gasteiger partial charge in [-0.05, 0) is 31.6 Å². The molecule has 3 heterocycles. The van der Waals surface area contributed by atoms with Crippen LogP contribution in [0, 0.1) is 12.3 Å². The zero-order valence-corrected chi connectivity index (χ0v) is 12.0. The Morgan fingerprint density at radius 1 is 1.26 bits per heavy atom. The highest BCUT2D eigenvalue weighted by molar-refractivity contribution is 5.41. The molecule has 2 aliphatic rings. The summed E-state index contributed by atoms with van der Waals surface area (Å²) in [5, 5.41) is 0. The lowest BCUT2D eigenvalue weighted by atomic mass is 9.80. The molecule has 19 heavy (non-hydrogen) atoms. The van der Waals surface area contributed by atoms with Crippen molar-refractivity contribution in [2.45, 2.75) is 39.5 Å². The molecule has 4 heteroatoms. The third kappa shape index (κ3) is 2.59. The van der Waals surface area contributed by atoms with Crippen molar-refractivity contribution in [1.82, 2.24) is 9.97 Å². The van der Waals surface area contributed by atoms with Gasteiger partial charge in [-0.1, -0.05) is 6.92 Å². The van der Waals surface area contributed by atoms with Crippen molar-refractivity contribution < 1.29 is 4.74 Å². The van der Waals surface area contributed by atoms with Gasteiger partial charge >= 0.3 is 0 Å². The summed E-state index contributed by atoms with van der Waals surface area (Å²) >= 11 is 0. The molecule has 3 rings (SSSR count). The third-order valence-corrected chi connectivity index (χ3v) is 4.52. The van der Waals surface area contributed by atoms with Crippen molar-refractivity contribution in [2.24, 2.45) is 5.41 Å². The summed E-state index contributed by atoms with van der Waals surface area (Å²) < 4.78 is 5.51. The number of aryl methyl sites for hydroxylation is 2. The van der Waals surface area contributed by atoms with Gasteiger partial charge in [0.1, 0.15) is 11.6 Å². The molecule has 0 saturated carbocycles. The van der Waals surface area contributed by atoms with Crippen LogP contribution in [0.15, 0.2) is 6.07 Å². The Bertz CT molecular complexity index is 455. The molecule has 0 aliphatic carbocycles. The first-order chi connectivity index (χ1) is 9.21. The number of hydrogen-bond donors (Lipinski definition) is 0. The van der Waals surface area contributed by atoms with Gasteiger partial charge in [0.15, 0.2) is 0 Å². The van der Waals surface area contributed by atoms with E-state index in [0.29, 0.717) is 5.41 Å². The summed E-state index contributed by atoms with van der Waals surface area (Å²) in [6, 6.07) is 2.12. The second-order valence-electron chi connectivity index (χ2n) is 5.92. The second-order valence-corrected chi connectivity index (χ2v) is 5.92. The van der Waals surface area contributed by atoms with Gasteiger partial charge in [0.05, 0.1) is 0 Å². The maximum absolute atomic E-state index is 5.51. The van der Waals surface area contributed by atoms with Gasteiger partial charge in [-0.15, -0.1) is 0 Å². The minimum Gasteiger partial charge on any atom is -0.381 e. The molecule has 1 spiro atoms. The van der Waals surface area contributed by atoms with Gasteiger partial charge in [-0.3, -0.25) is 0 Å². The van der Waals surface area contributed by atoms with Crippen molar-refractivity contribution in [3.8, 4) is 0 Å². The van der Waals surface area contributed by atoms with Crippen LogP contribution >= 0.6 is 0 Å². The minimum atomic E-state index is 0.476. The molecular weight excluding hydrogens is 238 g/mol. The predicted molar refractivity (Wildman–Crippen MR) is 75.5 cm³/mol. The topological polar surface area (TPSA) is 38.2 Å². The van der Waals surface area contributed by atoms with Crippen LogP contribution in [0.2, 0.25) is 0 Å². The molecule has 0 aromatic carbocycles. The average Bonchev–Trinajstić information content (AvgIpc) is 2.83. The van der Waals surface area contributed by atoms with Crippen LogP contribution in [0.1, 0.15) is 37.7 Å². The Hall–Kier alpha value is -1.16. The highest BCUT2D eigenvalue weighted by Crippen LogP contribution is 2.40. The first-order valence-corrected chi connectivity index (χ1v) is 7.38. The highest BCUT2D eigenvalue weighted by Gasteiger charge is 2.39. The third-order valence-electron chi connectivity index (χ3n) is 4.52. The number of hydrogen-bond acceptors (Lipinski definition) is 4. The van der Waals surface area contributed by atoms with Crippen molar-refractivity contribution in [3.05, 3.63) is 17.6 Å². The summed E-state index contributed by atoms with van der Waals surface area (Å²) in [6.45, 7) is 8.29. The summed E-state index contributed by atoms with van der Waals surface area (Å²) in [4.78, 5) is 11.6. The lowest BCUT2D eigenvalue weighted by Gasteiger charge is -2.33. The van der Waals surface area contributed by atoms with E-state index < -0.39 is 0 Å². The first kappa shape index (κ1) is 12.9. The Morgan fingerprint density at radius 2 is 2.05 bits per heavy atom.